The Labute approximate surface area is 117 Å². The summed E-state index contributed by atoms with van der Waals surface area (Å²) in [5, 5.41) is 10.2. The molecule has 2 aromatic carbocycles. The van der Waals surface area contributed by atoms with Crippen molar-refractivity contribution in [3.05, 3.63) is 65.7 Å². The Hall–Kier alpha value is -2.86. The largest absolute Gasteiger partial charge is 0.438 e. The van der Waals surface area contributed by atoms with Gasteiger partial charge >= 0.3 is 0 Å². The minimum absolute atomic E-state index is 0.344. The van der Waals surface area contributed by atoms with E-state index in [1.807, 2.05) is 55.5 Å². The fourth-order valence-corrected chi connectivity index (χ4v) is 2.05. The zero-order chi connectivity index (χ0) is 13.9. The SMILES string of the molecule is Cc1cccc(Oc2nc3ccccc3cc2C#N)c1. The van der Waals surface area contributed by atoms with Gasteiger partial charge in [0.1, 0.15) is 17.4 Å². The summed E-state index contributed by atoms with van der Waals surface area (Å²) in [7, 11) is 0. The number of aryl methyl sites for hydroxylation is 1. The van der Waals surface area contributed by atoms with E-state index in [0.717, 1.165) is 16.5 Å². The minimum Gasteiger partial charge on any atom is -0.438 e. The van der Waals surface area contributed by atoms with Crippen LogP contribution in [-0.4, -0.2) is 4.98 Å². The Kier molecular flexibility index (Phi) is 3.06. The van der Waals surface area contributed by atoms with Gasteiger partial charge in [-0.05, 0) is 36.8 Å². The molecule has 0 amide bonds. The first kappa shape index (κ1) is 12.2. The quantitative estimate of drug-likeness (QED) is 0.693. The molecular formula is C17H12N2O. The van der Waals surface area contributed by atoms with Gasteiger partial charge in [-0.2, -0.15) is 5.26 Å². The average Bonchev–Trinajstić information content (AvgIpc) is 2.46. The molecule has 20 heavy (non-hydrogen) atoms. The molecule has 0 bridgehead atoms. The van der Waals surface area contributed by atoms with Crippen LogP contribution < -0.4 is 4.74 Å². The summed E-state index contributed by atoms with van der Waals surface area (Å²) in [6, 6.07) is 19.3. The number of para-hydroxylation sites is 1. The third kappa shape index (κ3) is 2.32. The molecule has 0 aliphatic rings. The van der Waals surface area contributed by atoms with Gasteiger partial charge in [-0.3, -0.25) is 0 Å². The Morgan fingerprint density at radius 3 is 2.70 bits per heavy atom. The molecule has 3 aromatic rings. The molecule has 0 N–H and O–H groups in total. The van der Waals surface area contributed by atoms with Crippen LogP contribution in [-0.2, 0) is 0 Å². The van der Waals surface area contributed by atoms with Crippen molar-refractivity contribution < 1.29 is 4.74 Å². The molecule has 0 aliphatic carbocycles. The van der Waals surface area contributed by atoms with Gasteiger partial charge in [0.2, 0.25) is 5.88 Å². The standard InChI is InChI=1S/C17H12N2O/c1-12-5-4-7-15(9-12)20-17-14(11-18)10-13-6-2-3-8-16(13)19-17/h2-10H,1H3. The molecule has 3 rings (SSSR count). The molecular weight excluding hydrogens is 248 g/mol. The summed E-state index contributed by atoms with van der Waals surface area (Å²) in [5.41, 5.74) is 2.35. The van der Waals surface area contributed by atoms with E-state index in [0.29, 0.717) is 17.2 Å². The molecule has 0 spiro atoms. The molecule has 0 unspecified atom stereocenters. The maximum absolute atomic E-state index is 9.24. The van der Waals surface area contributed by atoms with Crippen molar-refractivity contribution in [1.29, 1.82) is 5.26 Å². The Morgan fingerprint density at radius 2 is 1.90 bits per heavy atom. The fraction of sp³-hybridized carbons (Fsp3) is 0.0588. The molecule has 3 nitrogen and oxygen atoms in total. The van der Waals surface area contributed by atoms with Crippen LogP contribution in [0.1, 0.15) is 11.1 Å². The smallest absolute Gasteiger partial charge is 0.237 e. The number of hydrogen-bond donors (Lipinski definition) is 0. The van der Waals surface area contributed by atoms with Crippen molar-refractivity contribution in [3.63, 3.8) is 0 Å². The van der Waals surface area contributed by atoms with Crippen molar-refractivity contribution in [2.75, 3.05) is 0 Å². The first-order chi connectivity index (χ1) is 9.76. The lowest BCUT2D eigenvalue weighted by molar-refractivity contribution is 0.463. The number of ether oxygens (including phenoxy) is 1. The molecule has 0 fully saturated rings. The maximum atomic E-state index is 9.24. The Bertz CT molecular complexity index is 819. The summed E-state index contributed by atoms with van der Waals surface area (Å²) in [5.74, 6) is 1.03. The van der Waals surface area contributed by atoms with Crippen LogP contribution in [0.25, 0.3) is 10.9 Å². The third-order valence-electron chi connectivity index (χ3n) is 3.01. The average molecular weight is 260 g/mol. The lowest BCUT2D eigenvalue weighted by Crippen LogP contribution is -1.93. The van der Waals surface area contributed by atoms with Crippen LogP contribution in [0.4, 0.5) is 0 Å². The summed E-state index contributed by atoms with van der Waals surface area (Å²) in [6.07, 6.45) is 0. The topological polar surface area (TPSA) is 45.9 Å². The molecule has 1 heterocycles. The maximum Gasteiger partial charge on any atom is 0.237 e. The highest BCUT2D eigenvalue weighted by Crippen LogP contribution is 2.26. The highest BCUT2D eigenvalue weighted by atomic mass is 16.5. The summed E-state index contributed by atoms with van der Waals surface area (Å²) in [4.78, 5) is 4.43. The number of fused-ring (bicyclic) bond motifs is 1. The molecule has 96 valence electrons. The predicted octanol–water partition coefficient (Wildman–Crippen LogP) is 4.21. The van der Waals surface area contributed by atoms with Crippen LogP contribution in [0.15, 0.2) is 54.6 Å². The summed E-state index contributed by atoms with van der Waals surface area (Å²) < 4.78 is 5.76. The van der Waals surface area contributed by atoms with Crippen molar-refractivity contribution >= 4 is 10.9 Å². The molecule has 0 saturated carbocycles. The van der Waals surface area contributed by atoms with E-state index >= 15 is 0 Å². The second-order valence-electron chi connectivity index (χ2n) is 4.56. The lowest BCUT2D eigenvalue weighted by atomic mass is 10.1. The number of pyridine rings is 1. The van der Waals surface area contributed by atoms with Crippen LogP contribution >= 0.6 is 0 Å². The van der Waals surface area contributed by atoms with Gasteiger partial charge in [0.15, 0.2) is 0 Å². The molecule has 1 aromatic heterocycles. The van der Waals surface area contributed by atoms with Crippen LogP contribution in [0.2, 0.25) is 0 Å². The number of nitriles is 1. The third-order valence-corrected chi connectivity index (χ3v) is 3.01. The van der Waals surface area contributed by atoms with Crippen molar-refractivity contribution in [2.45, 2.75) is 6.92 Å². The normalized spacial score (nSPS) is 10.2. The van der Waals surface area contributed by atoms with E-state index in [1.54, 1.807) is 6.07 Å². The van der Waals surface area contributed by atoms with E-state index in [9.17, 15) is 5.26 Å². The van der Waals surface area contributed by atoms with Crippen molar-refractivity contribution in [1.82, 2.24) is 4.98 Å². The van der Waals surface area contributed by atoms with Gasteiger partial charge in [-0.25, -0.2) is 4.98 Å². The first-order valence-corrected chi connectivity index (χ1v) is 6.31. The molecule has 0 radical (unpaired) electrons. The lowest BCUT2D eigenvalue weighted by Gasteiger charge is -2.08. The second-order valence-corrected chi connectivity index (χ2v) is 4.56. The first-order valence-electron chi connectivity index (χ1n) is 6.31. The number of nitrogens with zero attached hydrogens (tertiary/aromatic N) is 2. The molecule has 0 saturated heterocycles. The monoisotopic (exact) mass is 260 g/mol. The van der Waals surface area contributed by atoms with Gasteiger partial charge < -0.3 is 4.74 Å². The highest BCUT2D eigenvalue weighted by molar-refractivity contribution is 5.81. The van der Waals surface area contributed by atoms with Crippen molar-refractivity contribution in [2.24, 2.45) is 0 Å². The van der Waals surface area contributed by atoms with E-state index in [1.165, 1.54) is 0 Å². The van der Waals surface area contributed by atoms with Gasteiger partial charge in [-0.1, -0.05) is 30.3 Å². The number of rotatable bonds is 2. The van der Waals surface area contributed by atoms with Gasteiger partial charge in [0.05, 0.1) is 5.52 Å². The fourth-order valence-electron chi connectivity index (χ4n) is 2.05. The van der Waals surface area contributed by atoms with Crippen LogP contribution in [0.5, 0.6) is 11.6 Å². The molecule has 0 aliphatic heterocycles. The molecule has 0 atom stereocenters. The zero-order valence-corrected chi connectivity index (χ0v) is 11.0. The zero-order valence-electron chi connectivity index (χ0n) is 11.0. The second kappa shape index (κ2) is 5.02. The number of benzene rings is 2. The summed E-state index contributed by atoms with van der Waals surface area (Å²) in [6.45, 7) is 1.99. The summed E-state index contributed by atoms with van der Waals surface area (Å²) >= 11 is 0. The Morgan fingerprint density at radius 1 is 1.05 bits per heavy atom. The van der Waals surface area contributed by atoms with E-state index < -0.39 is 0 Å². The van der Waals surface area contributed by atoms with Gasteiger partial charge in [-0.15, -0.1) is 0 Å². The van der Waals surface area contributed by atoms with Crippen LogP contribution in [0, 0.1) is 18.3 Å². The minimum atomic E-state index is 0.344. The van der Waals surface area contributed by atoms with E-state index in [2.05, 4.69) is 11.1 Å². The van der Waals surface area contributed by atoms with E-state index in [-0.39, 0.29) is 0 Å². The highest BCUT2D eigenvalue weighted by Gasteiger charge is 2.09. The number of hydrogen-bond acceptors (Lipinski definition) is 3. The van der Waals surface area contributed by atoms with E-state index in [4.69, 9.17) is 4.74 Å². The van der Waals surface area contributed by atoms with Crippen LogP contribution in [0.3, 0.4) is 0 Å². The Balaban J connectivity index is 2.08. The predicted molar refractivity (Wildman–Crippen MR) is 77.7 cm³/mol. The van der Waals surface area contributed by atoms with Gasteiger partial charge in [0.25, 0.3) is 0 Å². The number of aromatic nitrogens is 1. The van der Waals surface area contributed by atoms with Crippen molar-refractivity contribution in [3.8, 4) is 17.7 Å². The molecule has 3 heteroatoms. The van der Waals surface area contributed by atoms with Gasteiger partial charge in [0, 0.05) is 5.39 Å².